The Morgan fingerprint density at radius 3 is 2.55 bits per heavy atom. The normalized spacial score (nSPS) is 25.3. The first-order chi connectivity index (χ1) is 9.68. The molecule has 4 nitrogen and oxygen atoms in total. The summed E-state index contributed by atoms with van der Waals surface area (Å²) in [5.74, 6) is -2.15. The third-order valence-corrected chi connectivity index (χ3v) is 4.54. The third kappa shape index (κ3) is 2.19. The van der Waals surface area contributed by atoms with Crippen LogP contribution in [0, 0.1) is 11.8 Å². The Kier molecular flexibility index (Phi) is 3.47. The van der Waals surface area contributed by atoms with Gasteiger partial charge in [-0.15, -0.1) is 0 Å². The van der Waals surface area contributed by atoms with Crippen LogP contribution in [0.5, 0.6) is 0 Å². The molecular formula is C16H18NO3-. The lowest BCUT2D eigenvalue weighted by Crippen LogP contribution is -2.45. The van der Waals surface area contributed by atoms with Gasteiger partial charge in [0, 0.05) is 30.0 Å². The molecule has 2 aliphatic rings. The van der Waals surface area contributed by atoms with Crippen LogP contribution in [0.2, 0.25) is 0 Å². The van der Waals surface area contributed by atoms with Crippen molar-refractivity contribution < 1.29 is 14.7 Å². The van der Waals surface area contributed by atoms with Gasteiger partial charge < -0.3 is 14.8 Å². The zero-order valence-electron chi connectivity index (χ0n) is 11.4. The van der Waals surface area contributed by atoms with Crippen molar-refractivity contribution in [2.24, 2.45) is 11.8 Å². The maximum atomic E-state index is 12.7. The second-order valence-corrected chi connectivity index (χ2v) is 5.69. The number of fused-ring (bicyclic) bond motifs is 1. The maximum Gasteiger partial charge on any atom is 0.230 e. The Balaban J connectivity index is 1.84. The minimum atomic E-state index is -1.07. The lowest BCUT2D eigenvalue weighted by Gasteiger charge is -2.34. The minimum absolute atomic E-state index is 0.0381. The van der Waals surface area contributed by atoms with Gasteiger partial charge >= 0.3 is 0 Å². The van der Waals surface area contributed by atoms with Crippen LogP contribution in [0.4, 0.5) is 5.69 Å². The molecule has 3 rings (SSSR count). The highest BCUT2D eigenvalue weighted by atomic mass is 16.4. The molecule has 0 saturated heterocycles. The van der Waals surface area contributed by atoms with Crippen molar-refractivity contribution in [1.29, 1.82) is 0 Å². The number of rotatable bonds is 2. The monoisotopic (exact) mass is 272 g/mol. The summed E-state index contributed by atoms with van der Waals surface area (Å²) < 4.78 is 0. The summed E-state index contributed by atoms with van der Waals surface area (Å²) >= 11 is 0. The van der Waals surface area contributed by atoms with Gasteiger partial charge in [-0.2, -0.15) is 0 Å². The molecule has 20 heavy (non-hydrogen) atoms. The van der Waals surface area contributed by atoms with Crippen LogP contribution in [0.1, 0.15) is 31.2 Å². The number of aliphatic carboxylic acids is 1. The molecule has 1 aliphatic carbocycles. The van der Waals surface area contributed by atoms with Gasteiger partial charge in [0.1, 0.15) is 0 Å². The number of nitrogens with zero attached hydrogens (tertiary/aromatic N) is 1. The lowest BCUT2D eigenvalue weighted by molar-refractivity contribution is -0.313. The van der Waals surface area contributed by atoms with Gasteiger partial charge in [-0.1, -0.05) is 31.0 Å². The van der Waals surface area contributed by atoms with Crippen molar-refractivity contribution in [1.82, 2.24) is 0 Å². The Morgan fingerprint density at radius 2 is 1.80 bits per heavy atom. The highest BCUT2D eigenvalue weighted by Crippen LogP contribution is 2.35. The summed E-state index contributed by atoms with van der Waals surface area (Å²) in [6.45, 7) is 0.661. The third-order valence-electron chi connectivity index (χ3n) is 4.54. The molecule has 4 heteroatoms. The van der Waals surface area contributed by atoms with Gasteiger partial charge in [0.2, 0.25) is 5.91 Å². The van der Waals surface area contributed by atoms with Crippen molar-refractivity contribution >= 4 is 17.6 Å². The molecule has 0 bridgehead atoms. The van der Waals surface area contributed by atoms with Gasteiger partial charge in [0.25, 0.3) is 0 Å². The van der Waals surface area contributed by atoms with E-state index in [1.807, 2.05) is 24.3 Å². The molecule has 2 atom stereocenters. The van der Waals surface area contributed by atoms with Gasteiger partial charge in [0.15, 0.2) is 0 Å². The predicted molar refractivity (Wildman–Crippen MR) is 73.0 cm³/mol. The first-order valence-electron chi connectivity index (χ1n) is 7.28. The molecule has 1 heterocycles. The van der Waals surface area contributed by atoms with Crippen molar-refractivity contribution in [3.63, 3.8) is 0 Å². The van der Waals surface area contributed by atoms with E-state index in [0.717, 1.165) is 24.9 Å². The zero-order valence-corrected chi connectivity index (χ0v) is 11.4. The molecule has 1 aliphatic heterocycles. The summed E-state index contributed by atoms with van der Waals surface area (Å²) in [6, 6.07) is 7.86. The van der Waals surface area contributed by atoms with Crippen molar-refractivity contribution in [2.75, 3.05) is 11.4 Å². The van der Waals surface area contributed by atoms with E-state index in [1.54, 1.807) is 4.90 Å². The lowest BCUT2D eigenvalue weighted by atomic mass is 9.78. The van der Waals surface area contributed by atoms with Crippen LogP contribution in [0.3, 0.4) is 0 Å². The van der Waals surface area contributed by atoms with E-state index in [0.29, 0.717) is 19.4 Å². The molecule has 0 unspecified atom stereocenters. The largest absolute Gasteiger partial charge is 0.550 e. The molecule has 0 spiro atoms. The molecule has 0 aromatic heterocycles. The Bertz CT molecular complexity index is 540. The Labute approximate surface area is 118 Å². The smallest absolute Gasteiger partial charge is 0.230 e. The molecule has 1 saturated carbocycles. The Hall–Kier alpha value is -1.84. The highest BCUT2D eigenvalue weighted by Gasteiger charge is 2.36. The SMILES string of the molecule is O=C([O-])[C@@H]1CCCC[C@@H]1C(=O)N1CCc2ccccc21. The van der Waals surface area contributed by atoms with Crippen LogP contribution in [-0.2, 0) is 16.0 Å². The molecule has 0 N–H and O–H groups in total. The number of carboxylic acid groups (broad SMARTS) is 1. The number of hydrogen-bond donors (Lipinski definition) is 0. The minimum Gasteiger partial charge on any atom is -0.550 e. The fraction of sp³-hybridized carbons (Fsp3) is 0.500. The number of para-hydroxylation sites is 1. The fourth-order valence-corrected chi connectivity index (χ4v) is 3.48. The van der Waals surface area contributed by atoms with Crippen molar-refractivity contribution in [2.45, 2.75) is 32.1 Å². The van der Waals surface area contributed by atoms with E-state index in [9.17, 15) is 14.7 Å². The standard InChI is InChI=1S/C16H19NO3/c18-15(12-6-2-3-7-13(12)16(19)20)17-10-9-11-5-1-4-8-14(11)17/h1,4-5,8,12-13H,2-3,6-7,9-10H2,(H,19,20)/p-1/t12-,13+/m0/s1. The number of amides is 1. The number of carbonyl (C=O) groups is 2. The van der Waals surface area contributed by atoms with E-state index < -0.39 is 17.8 Å². The fourth-order valence-electron chi connectivity index (χ4n) is 3.48. The first kappa shape index (κ1) is 13.2. The van der Waals surface area contributed by atoms with Crippen LogP contribution in [0.25, 0.3) is 0 Å². The van der Waals surface area contributed by atoms with Gasteiger partial charge in [0.05, 0.1) is 0 Å². The topological polar surface area (TPSA) is 60.4 Å². The molecule has 1 aromatic rings. The zero-order chi connectivity index (χ0) is 14.1. The molecular weight excluding hydrogens is 254 g/mol. The summed E-state index contributed by atoms with van der Waals surface area (Å²) in [5.41, 5.74) is 2.11. The molecule has 106 valence electrons. The summed E-state index contributed by atoms with van der Waals surface area (Å²) in [4.78, 5) is 25.7. The number of anilines is 1. The molecule has 1 fully saturated rings. The number of carboxylic acids is 1. The average Bonchev–Trinajstić information content (AvgIpc) is 2.90. The highest BCUT2D eigenvalue weighted by molar-refractivity contribution is 5.98. The Morgan fingerprint density at radius 1 is 1.10 bits per heavy atom. The first-order valence-corrected chi connectivity index (χ1v) is 7.28. The van der Waals surface area contributed by atoms with E-state index in [1.165, 1.54) is 5.56 Å². The van der Waals surface area contributed by atoms with Crippen molar-refractivity contribution in [3.8, 4) is 0 Å². The number of carbonyl (C=O) groups excluding carboxylic acids is 2. The second-order valence-electron chi connectivity index (χ2n) is 5.69. The summed E-state index contributed by atoms with van der Waals surface area (Å²) in [6.07, 6.45) is 3.88. The van der Waals surface area contributed by atoms with Crippen LogP contribution < -0.4 is 10.0 Å². The van der Waals surface area contributed by atoms with Gasteiger partial charge in [-0.3, -0.25) is 4.79 Å². The van der Waals surface area contributed by atoms with E-state index in [2.05, 4.69) is 0 Å². The van der Waals surface area contributed by atoms with E-state index in [4.69, 9.17) is 0 Å². The average molecular weight is 272 g/mol. The number of hydrogen-bond acceptors (Lipinski definition) is 3. The number of benzene rings is 1. The maximum absolute atomic E-state index is 12.7. The van der Waals surface area contributed by atoms with Gasteiger partial charge in [-0.25, -0.2) is 0 Å². The predicted octanol–water partition coefficient (Wildman–Crippen LogP) is 1.13. The molecule has 1 aromatic carbocycles. The van der Waals surface area contributed by atoms with E-state index in [-0.39, 0.29) is 5.91 Å². The quantitative estimate of drug-likeness (QED) is 0.811. The van der Waals surface area contributed by atoms with Crippen LogP contribution >= 0.6 is 0 Å². The van der Waals surface area contributed by atoms with Crippen LogP contribution in [-0.4, -0.2) is 18.4 Å². The summed E-state index contributed by atoms with van der Waals surface area (Å²) in [7, 11) is 0. The molecule has 0 radical (unpaired) electrons. The molecule has 1 amide bonds. The van der Waals surface area contributed by atoms with E-state index >= 15 is 0 Å². The van der Waals surface area contributed by atoms with Crippen molar-refractivity contribution in [3.05, 3.63) is 29.8 Å². The van der Waals surface area contributed by atoms with Gasteiger partial charge in [-0.05, 0) is 30.9 Å². The summed E-state index contributed by atoms with van der Waals surface area (Å²) in [5, 5.41) is 11.2. The second kappa shape index (κ2) is 5.27. The van der Waals surface area contributed by atoms with Crippen LogP contribution in [0.15, 0.2) is 24.3 Å².